The summed E-state index contributed by atoms with van der Waals surface area (Å²) in [5.41, 5.74) is 2.00. The number of ether oxygens (including phenoxy) is 2. The third-order valence-corrected chi connectivity index (χ3v) is 3.07. The summed E-state index contributed by atoms with van der Waals surface area (Å²) in [5, 5.41) is 9.42. The lowest BCUT2D eigenvalue weighted by Crippen LogP contribution is -2.09. The molecule has 0 heterocycles. The standard InChI is InChI=1S/C17H20O3/c1-13-5-3-4-6-17(13)20-12-11-19-16-9-7-15(8-10-16)14(2)18/h3-10,14,18H,11-12H2,1-2H3. The average molecular weight is 272 g/mol. The molecule has 0 amide bonds. The quantitative estimate of drug-likeness (QED) is 0.818. The van der Waals surface area contributed by atoms with Crippen molar-refractivity contribution in [3.63, 3.8) is 0 Å². The Morgan fingerprint density at radius 3 is 2.25 bits per heavy atom. The molecule has 0 aliphatic rings. The third-order valence-electron chi connectivity index (χ3n) is 3.07. The van der Waals surface area contributed by atoms with Gasteiger partial charge in [-0.05, 0) is 43.2 Å². The molecule has 1 atom stereocenters. The lowest BCUT2D eigenvalue weighted by atomic mass is 10.1. The highest BCUT2D eigenvalue weighted by atomic mass is 16.5. The Hall–Kier alpha value is -2.00. The zero-order valence-electron chi connectivity index (χ0n) is 11.9. The van der Waals surface area contributed by atoms with Crippen molar-refractivity contribution in [3.05, 3.63) is 59.7 Å². The predicted octanol–water partition coefficient (Wildman–Crippen LogP) is 3.51. The molecule has 0 spiro atoms. The van der Waals surface area contributed by atoms with Crippen LogP contribution in [-0.4, -0.2) is 18.3 Å². The van der Waals surface area contributed by atoms with Gasteiger partial charge in [0.25, 0.3) is 0 Å². The molecule has 3 nitrogen and oxygen atoms in total. The maximum Gasteiger partial charge on any atom is 0.122 e. The second-order valence-corrected chi connectivity index (χ2v) is 4.71. The van der Waals surface area contributed by atoms with Gasteiger partial charge in [0.2, 0.25) is 0 Å². The normalized spacial score (nSPS) is 11.9. The fourth-order valence-corrected chi connectivity index (χ4v) is 1.87. The fraction of sp³-hybridized carbons (Fsp3) is 0.294. The molecule has 2 aromatic carbocycles. The second-order valence-electron chi connectivity index (χ2n) is 4.71. The lowest BCUT2D eigenvalue weighted by Gasteiger charge is -2.11. The molecule has 0 aliphatic carbocycles. The number of rotatable bonds is 6. The van der Waals surface area contributed by atoms with Gasteiger partial charge in [-0.1, -0.05) is 30.3 Å². The summed E-state index contributed by atoms with van der Waals surface area (Å²) in [6, 6.07) is 15.4. The summed E-state index contributed by atoms with van der Waals surface area (Å²) in [6.07, 6.45) is -0.451. The molecule has 0 radical (unpaired) electrons. The Morgan fingerprint density at radius 1 is 0.950 bits per heavy atom. The first-order valence-corrected chi connectivity index (χ1v) is 6.76. The molecule has 1 unspecified atom stereocenters. The van der Waals surface area contributed by atoms with Gasteiger partial charge in [-0.2, -0.15) is 0 Å². The van der Waals surface area contributed by atoms with Crippen LogP contribution < -0.4 is 9.47 Å². The van der Waals surface area contributed by atoms with Gasteiger partial charge in [0.15, 0.2) is 0 Å². The number of aryl methyl sites for hydroxylation is 1. The maximum absolute atomic E-state index is 9.42. The molecule has 2 rings (SSSR count). The van der Waals surface area contributed by atoms with Crippen LogP contribution in [0, 0.1) is 6.92 Å². The van der Waals surface area contributed by atoms with Gasteiger partial charge in [0.05, 0.1) is 6.10 Å². The Kier molecular flexibility index (Phi) is 5.02. The molecule has 20 heavy (non-hydrogen) atoms. The summed E-state index contributed by atoms with van der Waals surface area (Å²) in [4.78, 5) is 0. The molecule has 0 bridgehead atoms. The summed E-state index contributed by atoms with van der Waals surface area (Å²) >= 11 is 0. The van der Waals surface area contributed by atoms with Crippen molar-refractivity contribution in [1.29, 1.82) is 0 Å². The first-order chi connectivity index (χ1) is 9.66. The van der Waals surface area contributed by atoms with E-state index < -0.39 is 6.10 Å². The van der Waals surface area contributed by atoms with E-state index in [0.717, 1.165) is 22.6 Å². The minimum atomic E-state index is -0.451. The van der Waals surface area contributed by atoms with E-state index in [0.29, 0.717) is 13.2 Å². The zero-order valence-corrected chi connectivity index (χ0v) is 11.9. The van der Waals surface area contributed by atoms with Crippen molar-refractivity contribution >= 4 is 0 Å². The van der Waals surface area contributed by atoms with Gasteiger partial charge in [0.1, 0.15) is 24.7 Å². The Labute approximate surface area is 119 Å². The van der Waals surface area contributed by atoms with E-state index in [1.165, 1.54) is 0 Å². The summed E-state index contributed by atoms with van der Waals surface area (Å²) in [6.45, 7) is 4.75. The number of aliphatic hydroxyl groups is 1. The molecule has 3 heteroatoms. The first kappa shape index (κ1) is 14.4. The van der Waals surface area contributed by atoms with Gasteiger partial charge in [0, 0.05) is 0 Å². The average Bonchev–Trinajstić information content (AvgIpc) is 2.46. The van der Waals surface area contributed by atoms with Gasteiger partial charge in [-0.3, -0.25) is 0 Å². The van der Waals surface area contributed by atoms with Crippen molar-refractivity contribution in [2.75, 3.05) is 13.2 Å². The van der Waals surface area contributed by atoms with Crippen LogP contribution >= 0.6 is 0 Å². The van der Waals surface area contributed by atoms with Crippen LogP contribution in [0.5, 0.6) is 11.5 Å². The molecular weight excluding hydrogens is 252 g/mol. The smallest absolute Gasteiger partial charge is 0.122 e. The molecule has 0 saturated heterocycles. The highest BCUT2D eigenvalue weighted by molar-refractivity contribution is 5.31. The highest BCUT2D eigenvalue weighted by Crippen LogP contribution is 2.18. The Bertz CT molecular complexity index is 532. The van der Waals surface area contributed by atoms with Crippen molar-refractivity contribution in [2.24, 2.45) is 0 Å². The van der Waals surface area contributed by atoms with Crippen LogP contribution in [0.1, 0.15) is 24.2 Å². The van der Waals surface area contributed by atoms with Gasteiger partial charge >= 0.3 is 0 Å². The summed E-state index contributed by atoms with van der Waals surface area (Å²) < 4.78 is 11.3. The molecule has 0 fully saturated rings. The van der Waals surface area contributed by atoms with Gasteiger partial charge in [-0.25, -0.2) is 0 Å². The van der Waals surface area contributed by atoms with E-state index >= 15 is 0 Å². The number of benzene rings is 2. The van der Waals surface area contributed by atoms with Gasteiger partial charge < -0.3 is 14.6 Å². The van der Waals surface area contributed by atoms with Crippen molar-refractivity contribution < 1.29 is 14.6 Å². The molecule has 0 aliphatic heterocycles. The van der Waals surface area contributed by atoms with Crippen LogP contribution in [0.2, 0.25) is 0 Å². The SMILES string of the molecule is Cc1ccccc1OCCOc1ccc(C(C)O)cc1. The predicted molar refractivity (Wildman–Crippen MR) is 79.2 cm³/mol. The minimum Gasteiger partial charge on any atom is -0.490 e. The number of hydrogen-bond acceptors (Lipinski definition) is 3. The zero-order chi connectivity index (χ0) is 14.4. The monoisotopic (exact) mass is 272 g/mol. The summed E-state index contributed by atoms with van der Waals surface area (Å²) in [7, 11) is 0. The largest absolute Gasteiger partial charge is 0.490 e. The second kappa shape index (κ2) is 6.96. The third kappa shape index (κ3) is 4.00. The van der Waals surface area contributed by atoms with Gasteiger partial charge in [-0.15, -0.1) is 0 Å². The molecule has 0 saturated carbocycles. The molecular formula is C17H20O3. The molecule has 0 aromatic heterocycles. The molecule has 2 aromatic rings. The number of aliphatic hydroxyl groups excluding tert-OH is 1. The number of para-hydroxylation sites is 1. The van der Waals surface area contributed by atoms with Crippen molar-refractivity contribution in [1.82, 2.24) is 0 Å². The van der Waals surface area contributed by atoms with Crippen LogP contribution in [-0.2, 0) is 0 Å². The van der Waals surface area contributed by atoms with E-state index in [1.807, 2.05) is 55.5 Å². The topological polar surface area (TPSA) is 38.7 Å². The Balaban J connectivity index is 1.77. The van der Waals surface area contributed by atoms with Crippen molar-refractivity contribution in [3.8, 4) is 11.5 Å². The maximum atomic E-state index is 9.42. The summed E-state index contributed by atoms with van der Waals surface area (Å²) in [5.74, 6) is 1.67. The van der Waals surface area contributed by atoms with E-state index in [-0.39, 0.29) is 0 Å². The Morgan fingerprint density at radius 2 is 1.60 bits per heavy atom. The highest BCUT2D eigenvalue weighted by Gasteiger charge is 2.01. The molecule has 106 valence electrons. The van der Waals surface area contributed by atoms with E-state index in [1.54, 1.807) is 6.92 Å². The number of hydrogen-bond donors (Lipinski definition) is 1. The van der Waals surface area contributed by atoms with Crippen LogP contribution in [0.15, 0.2) is 48.5 Å². The lowest BCUT2D eigenvalue weighted by molar-refractivity contribution is 0.198. The molecule has 1 N–H and O–H groups in total. The fourth-order valence-electron chi connectivity index (χ4n) is 1.87. The first-order valence-electron chi connectivity index (χ1n) is 6.76. The van der Waals surface area contributed by atoms with E-state index in [9.17, 15) is 5.11 Å². The van der Waals surface area contributed by atoms with Crippen LogP contribution in [0.4, 0.5) is 0 Å². The van der Waals surface area contributed by atoms with E-state index in [2.05, 4.69) is 0 Å². The van der Waals surface area contributed by atoms with Crippen molar-refractivity contribution in [2.45, 2.75) is 20.0 Å². The minimum absolute atomic E-state index is 0.451. The van der Waals surface area contributed by atoms with E-state index in [4.69, 9.17) is 9.47 Å². The van der Waals surface area contributed by atoms with Crippen LogP contribution in [0.3, 0.4) is 0 Å². The van der Waals surface area contributed by atoms with Crippen LogP contribution in [0.25, 0.3) is 0 Å².